The molecule has 3 heterocycles. The van der Waals surface area contributed by atoms with Crippen molar-refractivity contribution in [3.05, 3.63) is 48.7 Å². The number of rotatable bonds is 8. The van der Waals surface area contributed by atoms with Gasteiger partial charge in [0.05, 0.1) is 42.2 Å². The summed E-state index contributed by atoms with van der Waals surface area (Å²) in [5.74, 6) is -2.34. The molecule has 2 aromatic rings. The van der Waals surface area contributed by atoms with E-state index < -0.39 is 50.6 Å². The first kappa shape index (κ1) is 38.5. The third-order valence-electron chi connectivity index (χ3n) is 12.7. The van der Waals surface area contributed by atoms with Gasteiger partial charge in [0.25, 0.3) is 0 Å². The van der Waals surface area contributed by atoms with Crippen molar-refractivity contribution in [1.82, 2.24) is 14.6 Å². The average Bonchev–Trinajstić information content (AvgIpc) is 4.01. The Morgan fingerprint density at radius 3 is 2.56 bits per heavy atom. The first-order valence-corrected chi connectivity index (χ1v) is 21.5. The van der Waals surface area contributed by atoms with Crippen LogP contribution in [-0.2, 0) is 40.4 Å². The fourth-order valence-corrected chi connectivity index (χ4v) is 10.4. The summed E-state index contributed by atoms with van der Waals surface area (Å²) in [6.07, 6.45) is 12.3. The third-order valence-corrected chi connectivity index (χ3v) is 14.5. The lowest BCUT2D eigenvalue weighted by Gasteiger charge is -2.31. The number of nitrogens with one attached hydrogen (secondary N) is 1. The summed E-state index contributed by atoms with van der Waals surface area (Å²) < 4.78 is 40.3. The van der Waals surface area contributed by atoms with Crippen molar-refractivity contribution in [2.24, 2.45) is 28.6 Å². The standard InChI is InChI=1S/C42H55N3O8S/c1-4-30-23-42(30,40(49)44-54(50,51)32-15-16-32)24-36(46)35-21-31-25-45(35)39(48)34(28-11-7-8-12-28)22-37(47)52-26-41(2,3)18-9-5-6-10-27-13-14-29-17-19-43-38(53-31)33(29)20-27/h4,13-14,17,19-20,28,30-32,34-35H,1,5-12,15-16,18,21-26H2,2-3H3,(H,44,49)/t30-,31-,34+,35+,42-/m1/s1. The van der Waals surface area contributed by atoms with E-state index in [1.165, 1.54) is 5.56 Å². The maximum atomic E-state index is 14.8. The van der Waals surface area contributed by atoms with Gasteiger partial charge in [0, 0.05) is 24.4 Å². The number of carbonyl (C=O) groups is 4. The maximum absolute atomic E-state index is 14.8. The minimum Gasteiger partial charge on any atom is -0.472 e. The van der Waals surface area contributed by atoms with Gasteiger partial charge in [-0.2, -0.15) is 0 Å². The number of ketones is 1. The number of pyridine rings is 1. The highest BCUT2D eigenvalue weighted by Gasteiger charge is 2.61. The second-order valence-electron chi connectivity index (χ2n) is 17.4. The van der Waals surface area contributed by atoms with Crippen molar-refractivity contribution in [3.8, 4) is 5.88 Å². The molecule has 0 radical (unpaired) electrons. The Balaban J connectivity index is 1.20. The number of aromatic nitrogens is 1. The number of ether oxygens (including phenoxy) is 2. The number of carbonyl (C=O) groups excluding carboxylic acids is 4. The minimum atomic E-state index is -3.83. The number of cyclic esters (lactones) is 1. The molecule has 54 heavy (non-hydrogen) atoms. The zero-order chi connectivity index (χ0) is 38.3. The zero-order valence-corrected chi connectivity index (χ0v) is 32.5. The van der Waals surface area contributed by atoms with E-state index in [0.717, 1.165) is 68.6 Å². The van der Waals surface area contributed by atoms with E-state index in [4.69, 9.17) is 9.47 Å². The van der Waals surface area contributed by atoms with Crippen LogP contribution in [0.15, 0.2) is 43.1 Å². The van der Waals surface area contributed by atoms with Crippen LogP contribution in [0.3, 0.4) is 0 Å². The van der Waals surface area contributed by atoms with Gasteiger partial charge in [-0.1, -0.05) is 57.7 Å². The molecule has 1 N–H and O–H groups in total. The van der Waals surface area contributed by atoms with Crippen molar-refractivity contribution in [3.63, 3.8) is 0 Å². The number of sulfonamides is 1. The molecule has 4 bridgehead atoms. The third kappa shape index (κ3) is 8.38. The molecule has 5 atom stereocenters. The average molecular weight is 762 g/mol. The molecule has 3 saturated carbocycles. The number of fused-ring (bicyclic) bond motifs is 3. The number of hydrogen-bond acceptors (Lipinski definition) is 9. The lowest BCUT2D eigenvalue weighted by Crippen LogP contribution is -2.47. The highest BCUT2D eigenvalue weighted by atomic mass is 32.2. The molecule has 5 aliphatic rings. The van der Waals surface area contributed by atoms with Gasteiger partial charge < -0.3 is 14.4 Å². The van der Waals surface area contributed by atoms with Crippen molar-refractivity contribution < 1.29 is 37.1 Å². The Bertz CT molecular complexity index is 1900. The number of Topliss-reactive ketones (excluding diaryl/α,β-unsaturated/α-hetero) is 1. The molecule has 12 heteroatoms. The van der Waals surface area contributed by atoms with Crippen LogP contribution >= 0.6 is 0 Å². The summed E-state index contributed by atoms with van der Waals surface area (Å²) in [5, 5.41) is 1.25. The second kappa shape index (κ2) is 15.4. The summed E-state index contributed by atoms with van der Waals surface area (Å²) in [6.45, 7) is 8.44. The van der Waals surface area contributed by atoms with E-state index >= 15 is 0 Å². The monoisotopic (exact) mass is 761 g/mol. The summed E-state index contributed by atoms with van der Waals surface area (Å²) in [5.41, 5.74) is -0.296. The molecule has 11 nitrogen and oxygen atoms in total. The Kier molecular flexibility index (Phi) is 11.0. The predicted octanol–water partition coefficient (Wildman–Crippen LogP) is 6.23. The van der Waals surface area contributed by atoms with E-state index in [-0.39, 0.29) is 61.4 Å². The van der Waals surface area contributed by atoms with Crippen LogP contribution in [0, 0.1) is 28.6 Å². The lowest BCUT2D eigenvalue weighted by molar-refractivity contribution is -0.153. The number of benzene rings is 1. The fourth-order valence-electron chi connectivity index (χ4n) is 9.06. The molecule has 292 valence electrons. The molecular weight excluding hydrogens is 707 g/mol. The first-order valence-electron chi connectivity index (χ1n) is 20.0. The van der Waals surface area contributed by atoms with Crippen LogP contribution in [-0.4, -0.2) is 72.4 Å². The number of hydrogen-bond donors (Lipinski definition) is 1. The lowest BCUT2D eigenvalue weighted by atomic mass is 9.85. The Labute approximate surface area is 319 Å². The Morgan fingerprint density at radius 1 is 1.06 bits per heavy atom. The van der Waals surface area contributed by atoms with Crippen LogP contribution in [0.1, 0.15) is 109 Å². The molecular formula is C42H55N3O8S. The highest BCUT2D eigenvalue weighted by Crippen LogP contribution is 2.57. The minimum absolute atomic E-state index is 0.0249. The van der Waals surface area contributed by atoms with Crippen LogP contribution in [0.2, 0.25) is 0 Å². The zero-order valence-electron chi connectivity index (χ0n) is 31.7. The molecule has 1 aromatic heterocycles. The maximum Gasteiger partial charge on any atom is 0.306 e. The largest absolute Gasteiger partial charge is 0.472 e. The summed E-state index contributed by atoms with van der Waals surface area (Å²) in [4.78, 5) is 62.6. The van der Waals surface area contributed by atoms with Crippen LogP contribution in [0.5, 0.6) is 5.88 Å². The van der Waals surface area contributed by atoms with E-state index in [0.29, 0.717) is 25.1 Å². The second-order valence-corrected chi connectivity index (χ2v) is 19.4. The van der Waals surface area contributed by atoms with Gasteiger partial charge in [-0.3, -0.25) is 23.9 Å². The number of nitrogens with zero attached hydrogens (tertiary/aromatic N) is 2. The Morgan fingerprint density at radius 2 is 1.83 bits per heavy atom. The van der Waals surface area contributed by atoms with E-state index in [1.807, 2.05) is 6.07 Å². The van der Waals surface area contributed by atoms with E-state index in [1.54, 1.807) is 17.2 Å². The van der Waals surface area contributed by atoms with Crippen LogP contribution < -0.4 is 9.46 Å². The molecule has 2 amide bonds. The van der Waals surface area contributed by atoms with Gasteiger partial charge >= 0.3 is 5.97 Å². The number of allylic oxidation sites excluding steroid dienone is 1. The first-order chi connectivity index (χ1) is 25.8. The molecule has 4 fully saturated rings. The topological polar surface area (TPSA) is 149 Å². The fraction of sp³-hybridized carbons (Fsp3) is 0.643. The molecule has 7 rings (SSSR count). The quantitative estimate of drug-likeness (QED) is 0.244. The summed E-state index contributed by atoms with van der Waals surface area (Å²) in [6, 6.07) is 7.33. The van der Waals surface area contributed by atoms with Crippen LogP contribution in [0.4, 0.5) is 0 Å². The van der Waals surface area contributed by atoms with Gasteiger partial charge in [0.15, 0.2) is 5.78 Å². The molecule has 0 spiro atoms. The van der Waals surface area contributed by atoms with Gasteiger partial charge in [-0.15, -0.1) is 6.58 Å². The normalized spacial score (nSPS) is 29.7. The highest BCUT2D eigenvalue weighted by molar-refractivity contribution is 7.90. The molecule has 0 unspecified atom stereocenters. The van der Waals surface area contributed by atoms with Gasteiger partial charge in [0.2, 0.25) is 27.7 Å². The SMILES string of the molecule is C=C[C@@H]1C[C@]1(CC(=O)[C@@H]1C[C@@H]2CN1C(=O)[C@H](C1CCCC1)CC(=O)OCC(C)(C)CCCCCc1ccc3ccnc(c3c1)O2)C(=O)NS(=O)(=O)C1CC1. The summed E-state index contributed by atoms with van der Waals surface area (Å²) in [7, 11) is -3.83. The van der Waals surface area contributed by atoms with Crippen molar-refractivity contribution in [2.75, 3.05) is 13.2 Å². The molecule has 1 aromatic carbocycles. The van der Waals surface area contributed by atoms with Crippen LogP contribution in [0.25, 0.3) is 10.8 Å². The Hall–Kier alpha value is -3.80. The van der Waals surface area contributed by atoms with E-state index in [2.05, 4.69) is 48.3 Å². The van der Waals surface area contributed by atoms with Crippen molar-refractivity contribution >= 4 is 44.4 Å². The summed E-state index contributed by atoms with van der Waals surface area (Å²) >= 11 is 0. The van der Waals surface area contributed by atoms with Crippen molar-refractivity contribution in [2.45, 2.75) is 128 Å². The number of amides is 2. The smallest absolute Gasteiger partial charge is 0.306 e. The van der Waals surface area contributed by atoms with E-state index in [9.17, 15) is 27.6 Å². The van der Waals surface area contributed by atoms with Crippen molar-refractivity contribution in [1.29, 1.82) is 0 Å². The molecule has 3 aliphatic carbocycles. The van der Waals surface area contributed by atoms with Gasteiger partial charge in [-0.05, 0) is 91.7 Å². The molecule has 1 saturated heterocycles. The number of aryl methyl sites for hydroxylation is 1. The number of esters is 1. The van der Waals surface area contributed by atoms with Gasteiger partial charge in [-0.25, -0.2) is 13.4 Å². The molecule has 2 aliphatic heterocycles. The van der Waals surface area contributed by atoms with Gasteiger partial charge in [0.1, 0.15) is 6.10 Å². The predicted molar refractivity (Wildman–Crippen MR) is 204 cm³/mol.